The van der Waals surface area contributed by atoms with Gasteiger partial charge in [-0.15, -0.1) is 5.10 Å². The highest BCUT2D eigenvalue weighted by Gasteiger charge is 2.35. The van der Waals surface area contributed by atoms with Crippen molar-refractivity contribution < 1.29 is 31.9 Å². The van der Waals surface area contributed by atoms with Crippen LogP contribution in [0.5, 0.6) is 0 Å². The average molecular weight is 590 g/mol. The van der Waals surface area contributed by atoms with E-state index in [9.17, 15) is 37.2 Å². The third-order valence-corrected chi connectivity index (χ3v) is 7.18. The van der Waals surface area contributed by atoms with Gasteiger partial charge in [-0.25, -0.2) is 4.39 Å². The lowest BCUT2D eigenvalue weighted by molar-refractivity contribution is -0.119. The molecule has 0 aliphatic heterocycles. The summed E-state index contributed by atoms with van der Waals surface area (Å²) in [6, 6.07) is 3.22. The predicted octanol–water partition coefficient (Wildman–Crippen LogP) is 3.37. The van der Waals surface area contributed by atoms with E-state index in [1.54, 1.807) is 0 Å². The third kappa shape index (κ3) is 6.44. The highest BCUT2D eigenvalue weighted by Crippen LogP contribution is 2.34. The molecule has 3 aromatic rings. The van der Waals surface area contributed by atoms with Crippen LogP contribution in [0.4, 0.5) is 23.2 Å². The van der Waals surface area contributed by atoms with Crippen molar-refractivity contribution in [2.45, 2.75) is 37.8 Å². The normalized spacial score (nSPS) is 16.4. The maximum Gasteiger partial charge on any atom is 0.269 e. The first-order chi connectivity index (χ1) is 20.0. The van der Waals surface area contributed by atoms with Gasteiger partial charge in [-0.05, 0) is 55.4 Å². The molecule has 222 valence electrons. The molecule has 3 N–H and O–H groups in total. The number of amides is 2. The summed E-state index contributed by atoms with van der Waals surface area (Å²) < 4.78 is 63.2. The molecule has 0 spiro atoms. The Morgan fingerprint density at radius 1 is 1.31 bits per heavy atom. The number of methoxy groups -OCH3 is 1. The van der Waals surface area contributed by atoms with Crippen LogP contribution in [0, 0.1) is 29.0 Å². The van der Waals surface area contributed by atoms with Gasteiger partial charge in [0.25, 0.3) is 23.5 Å². The Morgan fingerprint density at radius 2 is 2.07 bits per heavy atom. The molecule has 2 unspecified atom stereocenters. The van der Waals surface area contributed by atoms with Crippen molar-refractivity contribution in [2.24, 2.45) is 13.0 Å². The minimum absolute atomic E-state index is 0.0503. The van der Waals surface area contributed by atoms with E-state index >= 15 is 0 Å². The predicted molar refractivity (Wildman–Crippen MR) is 140 cm³/mol. The van der Waals surface area contributed by atoms with Gasteiger partial charge >= 0.3 is 0 Å². The van der Waals surface area contributed by atoms with Gasteiger partial charge < -0.3 is 24.9 Å². The Morgan fingerprint density at radius 3 is 2.74 bits per heavy atom. The van der Waals surface area contributed by atoms with Crippen molar-refractivity contribution in [3.8, 4) is 6.07 Å². The van der Waals surface area contributed by atoms with E-state index in [0.717, 1.165) is 23.1 Å². The number of anilines is 1. The number of nitrogens with zero attached hydrogens (tertiary/aromatic N) is 4. The first kappa shape index (κ1) is 30.3. The molecule has 3 atom stereocenters. The van der Waals surface area contributed by atoms with E-state index in [1.807, 2.05) is 6.07 Å². The maximum atomic E-state index is 15.0. The Hall–Kier alpha value is -4.71. The highest BCUT2D eigenvalue weighted by molar-refractivity contribution is 6.00. The molecule has 1 fully saturated rings. The molecule has 2 amide bonds. The molecular weight excluding hydrogens is 562 g/mol. The molecule has 11 nitrogen and oxygen atoms in total. The van der Waals surface area contributed by atoms with Crippen LogP contribution < -0.4 is 16.2 Å². The zero-order chi connectivity index (χ0) is 30.6. The minimum Gasteiger partial charge on any atom is -0.382 e. The number of pyridine rings is 1. The number of halogens is 4. The van der Waals surface area contributed by atoms with Crippen molar-refractivity contribution >= 4 is 17.5 Å². The molecule has 3 heterocycles. The number of nitriles is 1. The summed E-state index contributed by atoms with van der Waals surface area (Å²) in [5, 5.41) is 17.8. The standard InChI is InChI=1S/C27H27F4N7O4/c1-37-17(10-32)6-7-20(37)26(40)35-22(14-4-3-5-15(8-14)23(29)30)27(41)34-19-12-38(36-24(19)31)21(13-42-2)18-9-16(28)11-33-25(18)39/h6-7,9,11-12,14,21-22H,3-5,8,13H2,1-2H3,(H,33,39)(H,34,41)(H,35,40)/t14?,21-,22?/m1/s1. The number of carbonyl (C=O) groups is 2. The van der Waals surface area contributed by atoms with Crippen LogP contribution in [-0.4, -0.2) is 50.9 Å². The lowest BCUT2D eigenvalue weighted by Crippen LogP contribution is -2.49. The van der Waals surface area contributed by atoms with Crippen molar-refractivity contribution in [3.05, 3.63) is 81.3 Å². The SMILES string of the molecule is COC[C@H](c1cc(F)c[nH]c1=O)n1cc(NC(=O)C(NC(=O)c2ccc(C#N)n2C)C2CCCC(=C(F)F)C2)c(F)n1. The fourth-order valence-electron chi connectivity index (χ4n) is 5.03. The van der Waals surface area contributed by atoms with Crippen LogP contribution in [0.2, 0.25) is 0 Å². The van der Waals surface area contributed by atoms with E-state index in [4.69, 9.17) is 4.74 Å². The molecule has 3 aromatic heterocycles. The summed E-state index contributed by atoms with van der Waals surface area (Å²) in [6.07, 6.45) is 0.720. The van der Waals surface area contributed by atoms with E-state index in [0.29, 0.717) is 12.8 Å². The fraction of sp³-hybridized carbons (Fsp3) is 0.370. The summed E-state index contributed by atoms with van der Waals surface area (Å²) >= 11 is 0. The van der Waals surface area contributed by atoms with Crippen LogP contribution in [0.1, 0.15) is 53.5 Å². The van der Waals surface area contributed by atoms with E-state index in [2.05, 4.69) is 20.7 Å². The zero-order valence-corrected chi connectivity index (χ0v) is 22.6. The van der Waals surface area contributed by atoms with Gasteiger partial charge in [0, 0.05) is 25.9 Å². The fourth-order valence-corrected chi connectivity index (χ4v) is 5.03. The second kappa shape index (κ2) is 12.9. The molecule has 0 radical (unpaired) electrons. The summed E-state index contributed by atoms with van der Waals surface area (Å²) in [5.41, 5.74) is -1.11. The average Bonchev–Trinajstić information content (AvgIpc) is 3.52. The van der Waals surface area contributed by atoms with E-state index in [-0.39, 0.29) is 42.0 Å². The number of ether oxygens (including phenoxy) is 1. The van der Waals surface area contributed by atoms with Gasteiger partial charge in [0.05, 0.1) is 12.8 Å². The second-order valence-electron chi connectivity index (χ2n) is 9.82. The minimum atomic E-state index is -1.85. The van der Waals surface area contributed by atoms with Crippen LogP contribution >= 0.6 is 0 Å². The number of aromatic amines is 1. The Labute approximate surface area is 236 Å². The van der Waals surface area contributed by atoms with Gasteiger partial charge in [-0.1, -0.05) is 0 Å². The molecule has 1 saturated carbocycles. The number of rotatable bonds is 9. The van der Waals surface area contributed by atoms with Crippen LogP contribution in [0.15, 0.2) is 47.0 Å². The Bertz CT molecular complexity index is 1620. The molecule has 42 heavy (non-hydrogen) atoms. The topological polar surface area (TPSA) is 147 Å². The summed E-state index contributed by atoms with van der Waals surface area (Å²) in [7, 11) is 2.79. The Balaban J connectivity index is 1.64. The molecule has 1 aliphatic rings. The van der Waals surface area contributed by atoms with Gasteiger partial charge in [0.15, 0.2) is 0 Å². The van der Waals surface area contributed by atoms with Gasteiger partial charge in [-0.3, -0.25) is 19.1 Å². The van der Waals surface area contributed by atoms with E-state index < -0.39 is 58.9 Å². The van der Waals surface area contributed by atoms with Crippen LogP contribution in [0.25, 0.3) is 0 Å². The van der Waals surface area contributed by atoms with Crippen LogP contribution in [-0.2, 0) is 16.6 Å². The molecule has 0 saturated heterocycles. The van der Waals surface area contributed by atoms with E-state index in [1.165, 1.54) is 30.9 Å². The molecular formula is C27H27F4N7O4. The van der Waals surface area contributed by atoms with Gasteiger partial charge in [0.1, 0.15) is 41.0 Å². The zero-order valence-electron chi connectivity index (χ0n) is 22.6. The lowest BCUT2D eigenvalue weighted by Gasteiger charge is -2.31. The number of hydrogen-bond acceptors (Lipinski definition) is 6. The number of allylic oxidation sites excluding steroid dienone is 1. The molecule has 1 aliphatic carbocycles. The largest absolute Gasteiger partial charge is 0.382 e. The lowest BCUT2D eigenvalue weighted by atomic mass is 9.81. The quantitative estimate of drug-likeness (QED) is 0.326. The van der Waals surface area contributed by atoms with Gasteiger partial charge in [0.2, 0.25) is 5.91 Å². The molecule has 0 bridgehead atoms. The maximum absolute atomic E-state index is 15.0. The highest BCUT2D eigenvalue weighted by atomic mass is 19.3. The van der Waals surface area contributed by atoms with Crippen molar-refractivity contribution in [1.82, 2.24) is 24.6 Å². The number of nitrogens with one attached hydrogen (secondary N) is 3. The molecule has 0 aromatic carbocycles. The summed E-state index contributed by atoms with van der Waals surface area (Å²) in [4.78, 5) is 41.2. The van der Waals surface area contributed by atoms with Crippen LogP contribution in [0.3, 0.4) is 0 Å². The first-order valence-corrected chi connectivity index (χ1v) is 12.9. The second-order valence-corrected chi connectivity index (χ2v) is 9.82. The summed E-state index contributed by atoms with van der Waals surface area (Å²) in [6.45, 7) is -0.201. The summed E-state index contributed by atoms with van der Waals surface area (Å²) in [5.74, 6) is -4.29. The van der Waals surface area contributed by atoms with Gasteiger partial charge in [-0.2, -0.15) is 18.4 Å². The first-order valence-electron chi connectivity index (χ1n) is 12.9. The number of aromatic nitrogens is 4. The monoisotopic (exact) mass is 589 g/mol. The van der Waals surface area contributed by atoms with Crippen molar-refractivity contribution in [3.63, 3.8) is 0 Å². The number of H-pyrrole nitrogens is 1. The Kier molecular flexibility index (Phi) is 9.26. The third-order valence-electron chi connectivity index (χ3n) is 7.18. The molecule has 4 rings (SSSR count). The molecule has 15 heteroatoms. The number of carbonyl (C=O) groups excluding carboxylic acids is 2. The smallest absolute Gasteiger partial charge is 0.269 e. The van der Waals surface area contributed by atoms with Crippen molar-refractivity contribution in [2.75, 3.05) is 19.0 Å². The van der Waals surface area contributed by atoms with Crippen molar-refractivity contribution in [1.29, 1.82) is 5.26 Å². The number of hydrogen-bond donors (Lipinski definition) is 3.